The van der Waals surface area contributed by atoms with Crippen LogP contribution in [-0.2, 0) is 6.54 Å². The van der Waals surface area contributed by atoms with Crippen LogP contribution < -0.4 is 5.32 Å². The van der Waals surface area contributed by atoms with Crippen molar-refractivity contribution in [1.29, 1.82) is 0 Å². The number of hydrogen-bond donors (Lipinski definition) is 1. The molecule has 1 aliphatic rings. The minimum absolute atomic E-state index is 0.507. The highest BCUT2D eigenvalue weighted by atomic mass is 15.2. The van der Waals surface area contributed by atoms with Crippen molar-refractivity contribution >= 4 is 5.82 Å². The molecule has 0 radical (unpaired) electrons. The van der Waals surface area contributed by atoms with Crippen LogP contribution in [-0.4, -0.2) is 23.0 Å². The number of benzene rings is 1. The van der Waals surface area contributed by atoms with Crippen molar-refractivity contribution in [2.24, 2.45) is 0 Å². The summed E-state index contributed by atoms with van der Waals surface area (Å²) < 4.78 is 0. The predicted molar refractivity (Wildman–Crippen MR) is 96.5 cm³/mol. The molecular weight excluding hydrogens is 282 g/mol. The fourth-order valence-corrected chi connectivity index (χ4v) is 3.31. The highest BCUT2D eigenvalue weighted by Crippen LogP contribution is 2.33. The molecule has 0 bridgehead atoms. The van der Waals surface area contributed by atoms with Crippen LogP contribution >= 0.6 is 0 Å². The van der Waals surface area contributed by atoms with Gasteiger partial charge in [-0.15, -0.1) is 0 Å². The maximum atomic E-state index is 4.60. The highest BCUT2D eigenvalue weighted by molar-refractivity contribution is 5.36. The molecular formula is C20H27N3. The van der Waals surface area contributed by atoms with Gasteiger partial charge in [0.2, 0.25) is 0 Å². The van der Waals surface area contributed by atoms with E-state index in [-0.39, 0.29) is 0 Å². The topological polar surface area (TPSA) is 28.2 Å². The quantitative estimate of drug-likeness (QED) is 0.756. The summed E-state index contributed by atoms with van der Waals surface area (Å²) in [5.41, 5.74) is 2.74. The first-order chi connectivity index (χ1) is 11.4. The van der Waals surface area contributed by atoms with Crippen molar-refractivity contribution in [3.05, 3.63) is 59.8 Å². The Balaban J connectivity index is 1.63. The first-order valence-electron chi connectivity index (χ1n) is 8.84. The van der Waals surface area contributed by atoms with Crippen LogP contribution in [0.2, 0.25) is 0 Å². The Labute approximate surface area is 139 Å². The van der Waals surface area contributed by atoms with E-state index in [1.807, 2.05) is 0 Å². The van der Waals surface area contributed by atoms with E-state index in [0.29, 0.717) is 6.04 Å². The average Bonchev–Trinajstić information content (AvgIpc) is 3.05. The van der Waals surface area contributed by atoms with Gasteiger partial charge in [-0.05, 0) is 43.0 Å². The van der Waals surface area contributed by atoms with E-state index >= 15 is 0 Å². The molecule has 1 aliphatic heterocycles. The lowest BCUT2D eigenvalue weighted by Crippen LogP contribution is -2.22. The molecule has 1 N–H and O–H groups in total. The molecule has 1 saturated heterocycles. The summed E-state index contributed by atoms with van der Waals surface area (Å²) in [6, 6.07) is 15.6. The zero-order valence-corrected chi connectivity index (χ0v) is 14.0. The molecule has 1 atom stereocenters. The van der Waals surface area contributed by atoms with Crippen LogP contribution in [0.3, 0.4) is 0 Å². The van der Waals surface area contributed by atoms with E-state index < -0.39 is 0 Å². The summed E-state index contributed by atoms with van der Waals surface area (Å²) in [4.78, 5) is 7.18. The molecule has 1 fully saturated rings. The SMILES string of the molecule is CCCCNc1ccc(C2CCCN2Cc2ccccc2)cn1. The van der Waals surface area contributed by atoms with Gasteiger partial charge in [0.25, 0.3) is 0 Å². The molecule has 1 unspecified atom stereocenters. The molecule has 2 heterocycles. The summed E-state index contributed by atoms with van der Waals surface area (Å²) in [5, 5.41) is 3.39. The van der Waals surface area contributed by atoms with Crippen molar-refractivity contribution in [1.82, 2.24) is 9.88 Å². The predicted octanol–water partition coefficient (Wildman–Crippen LogP) is 4.63. The normalized spacial score (nSPS) is 18.2. The van der Waals surface area contributed by atoms with Gasteiger partial charge in [0.05, 0.1) is 0 Å². The minimum Gasteiger partial charge on any atom is -0.370 e. The van der Waals surface area contributed by atoms with Gasteiger partial charge in [-0.3, -0.25) is 4.90 Å². The number of likely N-dealkylation sites (tertiary alicyclic amines) is 1. The fraction of sp³-hybridized carbons (Fsp3) is 0.450. The monoisotopic (exact) mass is 309 g/mol. The first kappa shape index (κ1) is 16.0. The smallest absolute Gasteiger partial charge is 0.125 e. The van der Waals surface area contributed by atoms with Gasteiger partial charge in [0.1, 0.15) is 5.82 Å². The number of anilines is 1. The molecule has 3 heteroatoms. The summed E-state index contributed by atoms with van der Waals surface area (Å²) in [5.74, 6) is 0.995. The number of unbranched alkanes of at least 4 members (excludes halogenated alkanes) is 1. The number of pyridine rings is 1. The Hall–Kier alpha value is -1.87. The second-order valence-corrected chi connectivity index (χ2v) is 6.37. The van der Waals surface area contributed by atoms with Crippen LogP contribution in [0.5, 0.6) is 0 Å². The Kier molecular flexibility index (Phi) is 5.65. The zero-order chi connectivity index (χ0) is 15.9. The molecule has 2 aromatic rings. The van der Waals surface area contributed by atoms with Crippen LogP contribution in [0.4, 0.5) is 5.82 Å². The summed E-state index contributed by atoms with van der Waals surface area (Å²) in [7, 11) is 0. The first-order valence-corrected chi connectivity index (χ1v) is 8.84. The average molecular weight is 309 g/mol. The number of hydrogen-bond acceptors (Lipinski definition) is 3. The minimum atomic E-state index is 0.507. The van der Waals surface area contributed by atoms with Crippen LogP contribution in [0, 0.1) is 0 Å². The van der Waals surface area contributed by atoms with E-state index in [1.165, 1.54) is 43.4 Å². The van der Waals surface area contributed by atoms with E-state index in [0.717, 1.165) is 18.9 Å². The van der Waals surface area contributed by atoms with Gasteiger partial charge < -0.3 is 5.32 Å². The summed E-state index contributed by atoms with van der Waals surface area (Å²) >= 11 is 0. The maximum Gasteiger partial charge on any atom is 0.125 e. The van der Waals surface area contributed by atoms with E-state index in [1.54, 1.807) is 0 Å². The Bertz CT molecular complexity index is 580. The molecule has 3 rings (SSSR count). The van der Waals surface area contributed by atoms with Gasteiger partial charge in [-0.1, -0.05) is 49.7 Å². The van der Waals surface area contributed by atoms with Crippen LogP contribution in [0.1, 0.15) is 49.8 Å². The number of nitrogens with zero attached hydrogens (tertiary/aromatic N) is 2. The molecule has 3 nitrogen and oxygen atoms in total. The van der Waals surface area contributed by atoms with Crippen molar-refractivity contribution < 1.29 is 0 Å². The molecule has 0 aliphatic carbocycles. The maximum absolute atomic E-state index is 4.60. The third kappa shape index (κ3) is 4.32. The lowest BCUT2D eigenvalue weighted by atomic mass is 10.1. The van der Waals surface area contributed by atoms with Gasteiger partial charge in [-0.2, -0.15) is 0 Å². The Morgan fingerprint density at radius 2 is 2.04 bits per heavy atom. The van der Waals surface area contributed by atoms with Crippen molar-refractivity contribution in [2.45, 2.75) is 45.2 Å². The highest BCUT2D eigenvalue weighted by Gasteiger charge is 2.26. The van der Waals surface area contributed by atoms with Crippen molar-refractivity contribution in [2.75, 3.05) is 18.4 Å². The largest absolute Gasteiger partial charge is 0.370 e. The zero-order valence-electron chi connectivity index (χ0n) is 14.0. The molecule has 1 aromatic heterocycles. The number of aromatic nitrogens is 1. The number of rotatable bonds is 7. The summed E-state index contributed by atoms with van der Waals surface area (Å²) in [6.07, 6.45) is 6.96. The standard InChI is InChI=1S/C20H27N3/c1-2-3-13-21-20-12-11-18(15-22-20)19-10-7-14-23(19)16-17-8-5-4-6-9-17/h4-6,8-9,11-12,15,19H,2-3,7,10,13-14,16H2,1H3,(H,21,22). The van der Waals surface area contributed by atoms with Gasteiger partial charge in [0, 0.05) is 25.3 Å². The third-order valence-electron chi connectivity index (χ3n) is 4.60. The molecule has 0 amide bonds. The molecule has 122 valence electrons. The third-order valence-corrected chi connectivity index (χ3v) is 4.60. The van der Waals surface area contributed by atoms with Crippen molar-refractivity contribution in [3.63, 3.8) is 0 Å². The lowest BCUT2D eigenvalue weighted by Gasteiger charge is -2.24. The van der Waals surface area contributed by atoms with Gasteiger partial charge in [0.15, 0.2) is 0 Å². The molecule has 0 spiro atoms. The molecule has 0 saturated carbocycles. The van der Waals surface area contributed by atoms with Crippen LogP contribution in [0.25, 0.3) is 0 Å². The van der Waals surface area contributed by atoms with Gasteiger partial charge >= 0.3 is 0 Å². The fourth-order valence-electron chi connectivity index (χ4n) is 3.31. The molecule has 1 aromatic carbocycles. The lowest BCUT2D eigenvalue weighted by molar-refractivity contribution is 0.248. The van der Waals surface area contributed by atoms with Gasteiger partial charge in [-0.25, -0.2) is 4.98 Å². The Morgan fingerprint density at radius 1 is 1.17 bits per heavy atom. The van der Waals surface area contributed by atoms with E-state index in [4.69, 9.17) is 0 Å². The van der Waals surface area contributed by atoms with E-state index in [2.05, 4.69) is 70.8 Å². The van der Waals surface area contributed by atoms with Crippen LogP contribution in [0.15, 0.2) is 48.7 Å². The number of nitrogens with one attached hydrogen (secondary N) is 1. The molecule has 23 heavy (non-hydrogen) atoms. The second-order valence-electron chi connectivity index (χ2n) is 6.37. The summed E-state index contributed by atoms with van der Waals surface area (Å²) in [6.45, 7) is 5.42. The van der Waals surface area contributed by atoms with Crippen molar-refractivity contribution in [3.8, 4) is 0 Å². The Morgan fingerprint density at radius 3 is 2.78 bits per heavy atom. The second kappa shape index (κ2) is 8.11. The van der Waals surface area contributed by atoms with E-state index in [9.17, 15) is 0 Å².